The Bertz CT molecular complexity index is 702. The van der Waals surface area contributed by atoms with Gasteiger partial charge in [-0.2, -0.15) is 0 Å². The van der Waals surface area contributed by atoms with E-state index in [-0.39, 0.29) is 23.4 Å². The number of fused-ring (bicyclic) bond motifs is 5. The van der Waals surface area contributed by atoms with E-state index in [9.17, 15) is 9.59 Å². The standard InChI is InChI=1S/C26H43NO3/c1-16(28)20-8-9-21-19-7-6-17-14-18(30-23(29)24(2,3)15-27)10-12-25(17,4)22(19)11-13-26(20,21)5/h17-22H,6-15,27H2,1-5H3/t17?,18-,19+,20-,21?,22?,25+,26-/m1/s1. The maximum absolute atomic E-state index is 12.5. The van der Waals surface area contributed by atoms with Crippen LogP contribution in [0.1, 0.15) is 92.4 Å². The summed E-state index contributed by atoms with van der Waals surface area (Å²) in [5.74, 6) is 3.50. The SMILES string of the molecule is CC(=O)[C@H]1CCC2[C@@H]3CCC4C[C@H](OC(=O)C(C)(C)CN)CC[C@]4(C)C3CC[C@@]21C. The van der Waals surface area contributed by atoms with E-state index in [0.29, 0.717) is 23.7 Å². The zero-order chi connectivity index (χ0) is 21.9. The van der Waals surface area contributed by atoms with Crippen LogP contribution < -0.4 is 5.73 Å². The van der Waals surface area contributed by atoms with Gasteiger partial charge in [-0.3, -0.25) is 9.59 Å². The molecule has 4 nitrogen and oxygen atoms in total. The summed E-state index contributed by atoms with van der Waals surface area (Å²) in [7, 11) is 0. The number of carbonyl (C=O) groups is 2. The van der Waals surface area contributed by atoms with Gasteiger partial charge in [-0.1, -0.05) is 13.8 Å². The fourth-order valence-corrected chi connectivity index (χ4v) is 8.39. The maximum atomic E-state index is 12.5. The molecule has 0 heterocycles. The first-order chi connectivity index (χ1) is 14.0. The number of Topliss-reactive ketones (excluding diaryl/α,β-unsaturated/α-hetero) is 1. The van der Waals surface area contributed by atoms with Crippen LogP contribution in [-0.2, 0) is 14.3 Å². The molecule has 8 atom stereocenters. The number of hydrogen-bond acceptors (Lipinski definition) is 4. The van der Waals surface area contributed by atoms with Crippen LogP contribution in [0, 0.1) is 45.8 Å². The van der Waals surface area contributed by atoms with Crippen LogP contribution in [0.3, 0.4) is 0 Å². The molecule has 170 valence electrons. The Labute approximate surface area is 183 Å². The van der Waals surface area contributed by atoms with Crippen LogP contribution in [-0.4, -0.2) is 24.4 Å². The Hall–Kier alpha value is -0.900. The number of nitrogens with two attached hydrogens (primary N) is 1. The molecule has 4 aliphatic carbocycles. The molecule has 4 aliphatic rings. The number of rotatable bonds is 4. The summed E-state index contributed by atoms with van der Waals surface area (Å²) in [6.45, 7) is 10.9. The molecule has 0 saturated heterocycles. The van der Waals surface area contributed by atoms with Gasteiger partial charge in [0.05, 0.1) is 5.41 Å². The van der Waals surface area contributed by atoms with Crippen LogP contribution in [0.4, 0.5) is 0 Å². The lowest BCUT2D eigenvalue weighted by molar-refractivity contribution is -0.171. The summed E-state index contributed by atoms with van der Waals surface area (Å²) >= 11 is 0. The van der Waals surface area contributed by atoms with E-state index in [0.717, 1.165) is 37.0 Å². The van der Waals surface area contributed by atoms with E-state index in [4.69, 9.17) is 10.5 Å². The summed E-state index contributed by atoms with van der Waals surface area (Å²) in [6.07, 6.45) is 10.6. The van der Waals surface area contributed by atoms with Gasteiger partial charge >= 0.3 is 5.97 Å². The van der Waals surface area contributed by atoms with Crippen molar-refractivity contribution in [3.05, 3.63) is 0 Å². The number of esters is 1. The van der Waals surface area contributed by atoms with Gasteiger partial charge in [-0.15, -0.1) is 0 Å². The molecule has 0 aromatic heterocycles. The summed E-state index contributed by atoms with van der Waals surface area (Å²) in [5.41, 5.74) is 5.78. The first kappa shape index (κ1) is 22.3. The first-order valence-corrected chi connectivity index (χ1v) is 12.4. The molecule has 0 aliphatic heterocycles. The third-order valence-electron chi connectivity index (χ3n) is 10.4. The van der Waals surface area contributed by atoms with Gasteiger partial charge in [0, 0.05) is 12.5 Å². The molecule has 0 bridgehead atoms. The molecule has 0 spiro atoms. The van der Waals surface area contributed by atoms with E-state index < -0.39 is 5.41 Å². The summed E-state index contributed by atoms with van der Waals surface area (Å²) in [6, 6.07) is 0. The average Bonchev–Trinajstić information content (AvgIpc) is 3.05. The van der Waals surface area contributed by atoms with E-state index in [1.54, 1.807) is 0 Å². The van der Waals surface area contributed by atoms with Gasteiger partial charge in [0.15, 0.2) is 0 Å². The molecular weight excluding hydrogens is 374 g/mol. The minimum absolute atomic E-state index is 0.0559. The molecule has 0 aromatic carbocycles. The fraction of sp³-hybridized carbons (Fsp3) is 0.923. The van der Waals surface area contributed by atoms with Crippen molar-refractivity contribution in [2.45, 2.75) is 98.5 Å². The van der Waals surface area contributed by atoms with Crippen LogP contribution in [0.2, 0.25) is 0 Å². The summed E-state index contributed by atoms with van der Waals surface area (Å²) in [4.78, 5) is 24.9. The zero-order valence-corrected chi connectivity index (χ0v) is 19.8. The van der Waals surface area contributed by atoms with Crippen molar-refractivity contribution in [3.63, 3.8) is 0 Å². The molecule has 0 radical (unpaired) electrons. The van der Waals surface area contributed by atoms with Crippen molar-refractivity contribution in [1.29, 1.82) is 0 Å². The third kappa shape index (κ3) is 3.36. The maximum Gasteiger partial charge on any atom is 0.313 e. The highest BCUT2D eigenvalue weighted by atomic mass is 16.5. The third-order valence-corrected chi connectivity index (χ3v) is 10.4. The van der Waals surface area contributed by atoms with E-state index in [2.05, 4.69) is 13.8 Å². The topological polar surface area (TPSA) is 69.4 Å². The quantitative estimate of drug-likeness (QED) is 0.644. The van der Waals surface area contributed by atoms with Crippen molar-refractivity contribution in [3.8, 4) is 0 Å². The second-order valence-electron chi connectivity index (χ2n) is 12.3. The van der Waals surface area contributed by atoms with Gasteiger partial charge in [-0.05, 0) is 113 Å². The number of hydrogen-bond donors (Lipinski definition) is 1. The molecule has 30 heavy (non-hydrogen) atoms. The first-order valence-electron chi connectivity index (χ1n) is 12.4. The largest absolute Gasteiger partial charge is 0.462 e. The second-order valence-corrected chi connectivity index (χ2v) is 12.3. The van der Waals surface area contributed by atoms with Gasteiger partial charge in [-0.25, -0.2) is 0 Å². The number of carbonyl (C=O) groups excluding carboxylic acids is 2. The predicted molar refractivity (Wildman–Crippen MR) is 119 cm³/mol. The molecule has 2 N–H and O–H groups in total. The Morgan fingerprint density at radius 3 is 2.30 bits per heavy atom. The van der Waals surface area contributed by atoms with Crippen molar-refractivity contribution in [1.82, 2.24) is 0 Å². The fourth-order valence-electron chi connectivity index (χ4n) is 8.39. The molecule has 0 amide bonds. The predicted octanol–water partition coefficient (Wildman–Crippen LogP) is 5.13. The normalized spacial score (nSPS) is 45.8. The van der Waals surface area contributed by atoms with Crippen molar-refractivity contribution >= 4 is 11.8 Å². The Morgan fingerprint density at radius 1 is 0.967 bits per heavy atom. The second kappa shape index (κ2) is 7.60. The van der Waals surface area contributed by atoms with Crippen molar-refractivity contribution < 1.29 is 14.3 Å². The molecular formula is C26H43NO3. The highest BCUT2D eigenvalue weighted by Gasteiger charge is 2.61. The van der Waals surface area contributed by atoms with Crippen LogP contribution in [0.5, 0.6) is 0 Å². The molecule has 4 heteroatoms. The Morgan fingerprint density at radius 2 is 1.63 bits per heavy atom. The van der Waals surface area contributed by atoms with E-state index >= 15 is 0 Å². The zero-order valence-electron chi connectivity index (χ0n) is 19.8. The minimum Gasteiger partial charge on any atom is -0.462 e. The van der Waals surface area contributed by atoms with Crippen LogP contribution >= 0.6 is 0 Å². The smallest absolute Gasteiger partial charge is 0.313 e. The Balaban J connectivity index is 1.46. The van der Waals surface area contributed by atoms with Crippen molar-refractivity contribution in [2.24, 2.45) is 51.6 Å². The minimum atomic E-state index is -0.595. The average molecular weight is 418 g/mol. The highest BCUT2D eigenvalue weighted by Crippen LogP contribution is 2.67. The molecule has 0 aromatic rings. The Kier molecular flexibility index (Phi) is 5.65. The van der Waals surface area contributed by atoms with Gasteiger partial charge in [0.2, 0.25) is 0 Å². The van der Waals surface area contributed by atoms with Crippen molar-refractivity contribution in [2.75, 3.05) is 6.54 Å². The molecule has 4 rings (SSSR count). The van der Waals surface area contributed by atoms with Crippen LogP contribution in [0.25, 0.3) is 0 Å². The molecule has 4 fully saturated rings. The lowest BCUT2D eigenvalue weighted by atomic mass is 9.44. The monoisotopic (exact) mass is 417 g/mol. The summed E-state index contributed by atoms with van der Waals surface area (Å²) < 4.78 is 5.95. The van der Waals surface area contributed by atoms with Gasteiger partial charge < -0.3 is 10.5 Å². The highest BCUT2D eigenvalue weighted by molar-refractivity contribution is 5.79. The van der Waals surface area contributed by atoms with Crippen LogP contribution in [0.15, 0.2) is 0 Å². The molecule has 3 unspecified atom stereocenters. The summed E-state index contributed by atoms with van der Waals surface area (Å²) in [5, 5.41) is 0. The van der Waals surface area contributed by atoms with E-state index in [1.165, 1.54) is 38.5 Å². The van der Waals surface area contributed by atoms with Gasteiger partial charge in [0.1, 0.15) is 11.9 Å². The van der Waals surface area contributed by atoms with Gasteiger partial charge in [0.25, 0.3) is 0 Å². The number of ketones is 1. The lowest BCUT2D eigenvalue weighted by Gasteiger charge is -2.61. The lowest BCUT2D eigenvalue weighted by Crippen LogP contribution is -2.54. The molecule has 4 saturated carbocycles. The van der Waals surface area contributed by atoms with E-state index in [1.807, 2.05) is 20.8 Å². The number of ether oxygens (including phenoxy) is 1.